The van der Waals surface area contributed by atoms with Crippen LogP contribution in [0.3, 0.4) is 0 Å². The topological polar surface area (TPSA) is 46.3 Å². The summed E-state index contributed by atoms with van der Waals surface area (Å²) in [5.41, 5.74) is 2.31. The predicted octanol–water partition coefficient (Wildman–Crippen LogP) is 2.66. The first-order chi connectivity index (χ1) is 6.20. The van der Waals surface area contributed by atoms with Gasteiger partial charge in [-0.3, -0.25) is 0 Å². The van der Waals surface area contributed by atoms with Crippen molar-refractivity contribution in [1.29, 1.82) is 0 Å². The van der Waals surface area contributed by atoms with Crippen molar-refractivity contribution in [1.82, 2.24) is 4.98 Å². The van der Waals surface area contributed by atoms with Crippen LogP contribution in [0.25, 0.3) is 11.1 Å². The number of phenols is 1. The van der Waals surface area contributed by atoms with Crippen molar-refractivity contribution in [3.05, 3.63) is 24.1 Å². The molecule has 0 unspecified atom stereocenters. The van der Waals surface area contributed by atoms with E-state index in [2.05, 4.69) is 4.98 Å². The summed E-state index contributed by atoms with van der Waals surface area (Å²) in [6.07, 6.45) is 1.40. The molecule has 0 aliphatic rings. The molecule has 0 spiro atoms. The third-order valence-corrected chi connectivity index (χ3v) is 2.09. The molecule has 0 bridgehead atoms. The summed E-state index contributed by atoms with van der Waals surface area (Å²) in [6, 6.07) is 3.40. The van der Waals surface area contributed by atoms with Crippen LogP contribution < -0.4 is 0 Å². The first-order valence-corrected chi connectivity index (χ1v) is 4.25. The molecule has 0 aliphatic carbocycles. The van der Waals surface area contributed by atoms with E-state index in [4.69, 9.17) is 4.42 Å². The fraction of sp³-hybridized carbons (Fsp3) is 0.300. The largest absolute Gasteiger partial charge is 0.508 e. The van der Waals surface area contributed by atoms with Crippen LogP contribution in [-0.4, -0.2) is 10.1 Å². The van der Waals surface area contributed by atoms with Gasteiger partial charge in [0.15, 0.2) is 12.0 Å². The quantitative estimate of drug-likeness (QED) is 0.728. The molecule has 2 rings (SSSR count). The Morgan fingerprint density at radius 2 is 2.15 bits per heavy atom. The van der Waals surface area contributed by atoms with Crippen LogP contribution in [0.1, 0.15) is 25.3 Å². The zero-order valence-electron chi connectivity index (χ0n) is 7.61. The molecule has 3 heteroatoms. The summed E-state index contributed by atoms with van der Waals surface area (Å²) in [6.45, 7) is 4.02. The normalized spacial score (nSPS) is 11.3. The second-order valence-electron chi connectivity index (χ2n) is 3.35. The van der Waals surface area contributed by atoms with Crippen molar-refractivity contribution < 1.29 is 9.52 Å². The standard InChI is InChI=1S/C10H11NO2/c1-6(2)9-8(12)4-3-7-10(9)13-5-11-7/h3-6,12H,1-2H3. The van der Waals surface area contributed by atoms with E-state index in [-0.39, 0.29) is 11.7 Å². The number of fused-ring (bicyclic) bond motifs is 1. The number of hydrogen-bond acceptors (Lipinski definition) is 3. The molecule has 1 aromatic heterocycles. The molecule has 0 fully saturated rings. The van der Waals surface area contributed by atoms with Gasteiger partial charge in [0.25, 0.3) is 0 Å². The van der Waals surface area contributed by atoms with Crippen LogP contribution in [0.15, 0.2) is 22.9 Å². The molecule has 0 amide bonds. The molecule has 0 radical (unpaired) electrons. The summed E-state index contributed by atoms with van der Waals surface area (Å²) in [4.78, 5) is 4.03. The van der Waals surface area contributed by atoms with Gasteiger partial charge in [-0.2, -0.15) is 0 Å². The van der Waals surface area contributed by atoms with E-state index in [1.54, 1.807) is 12.1 Å². The molecule has 0 aliphatic heterocycles. The number of benzene rings is 1. The number of aromatic hydroxyl groups is 1. The van der Waals surface area contributed by atoms with Gasteiger partial charge in [0, 0.05) is 5.56 Å². The van der Waals surface area contributed by atoms with Gasteiger partial charge in [0.05, 0.1) is 0 Å². The molecule has 1 N–H and O–H groups in total. The van der Waals surface area contributed by atoms with E-state index >= 15 is 0 Å². The molecule has 0 saturated heterocycles. The summed E-state index contributed by atoms with van der Waals surface area (Å²) in [5.74, 6) is 0.510. The monoisotopic (exact) mass is 177 g/mol. The van der Waals surface area contributed by atoms with Gasteiger partial charge in [0.1, 0.15) is 11.3 Å². The van der Waals surface area contributed by atoms with Gasteiger partial charge in [-0.15, -0.1) is 0 Å². The highest BCUT2D eigenvalue weighted by molar-refractivity contribution is 5.79. The van der Waals surface area contributed by atoms with Gasteiger partial charge < -0.3 is 9.52 Å². The van der Waals surface area contributed by atoms with Crippen molar-refractivity contribution in [2.75, 3.05) is 0 Å². The number of oxazole rings is 1. The fourth-order valence-corrected chi connectivity index (χ4v) is 1.50. The first-order valence-electron chi connectivity index (χ1n) is 4.25. The van der Waals surface area contributed by atoms with Crippen molar-refractivity contribution in [3.8, 4) is 5.75 Å². The van der Waals surface area contributed by atoms with Crippen molar-refractivity contribution in [2.45, 2.75) is 19.8 Å². The van der Waals surface area contributed by atoms with E-state index in [0.29, 0.717) is 5.58 Å². The van der Waals surface area contributed by atoms with E-state index in [9.17, 15) is 5.11 Å². The first kappa shape index (κ1) is 8.10. The van der Waals surface area contributed by atoms with Crippen molar-refractivity contribution >= 4 is 11.1 Å². The number of rotatable bonds is 1. The molecule has 2 aromatic rings. The van der Waals surface area contributed by atoms with Gasteiger partial charge in [-0.25, -0.2) is 4.98 Å². The summed E-state index contributed by atoms with van der Waals surface area (Å²) in [7, 11) is 0. The zero-order chi connectivity index (χ0) is 9.42. The third kappa shape index (κ3) is 1.16. The number of hydrogen-bond donors (Lipinski definition) is 1. The Bertz CT molecular complexity index is 431. The summed E-state index contributed by atoms with van der Waals surface area (Å²) < 4.78 is 5.22. The fourth-order valence-electron chi connectivity index (χ4n) is 1.50. The minimum atomic E-state index is 0.233. The molecule has 0 atom stereocenters. The highest BCUT2D eigenvalue weighted by Crippen LogP contribution is 2.32. The molecule has 68 valence electrons. The van der Waals surface area contributed by atoms with Crippen LogP contribution in [-0.2, 0) is 0 Å². The summed E-state index contributed by atoms with van der Waals surface area (Å²) >= 11 is 0. The average Bonchev–Trinajstić information content (AvgIpc) is 2.50. The Morgan fingerprint density at radius 1 is 1.38 bits per heavy atom. The molecule has 1 aromatic carbocycles. The van der Waals surface area contributed by atoms with Gasteiger partial charge >= 0.3 is 0 Å². The number of phenolic OH excluding ortho intramolecular Hbond substituents is 1. The molecule has 0 saturated carbocycles. The van der Waals surface area contributed by atoms with Crippen molar-refractivity contribution in [3.63, 3.8) is 0 Å². The number of nitrogens with zero attached hydrogens (tertiary/aromatic N) is 1. The van der Waals surface area contributed by atoms with Crippen LogP contribution in [0, 0.1) is 0 Å². The lowest BCUT2D eigenvalue weighted by molar-refractivity contribution is 0.463. The van der Waals surface area contributed by atoms with E-state index in [1.165, 1.54) is 6.39 Å². The second kappa shape index (κ2) is 2.76. The summed E-state index contributed by atoms with van der Waals surface area (Å²) in [5, 5.41) is 9.61. The number of aromatic nitrogens is 1. The third-order valence-electron chi connectivity index (χ3n) is 2.09. The van der Waals surface area contributed by atoms with Crippen LogP contribution >= 0.6 is 0 Å². The average molecular weight is 177 g/mol. The predicted molar refractivity (Wildman–Crippen MR) is 49.8 cm³/mol. The Morgan fingerprint density at radius 3 is 2.85 bits per heavy atom. The lowest BCUT2D eigenvalue weighted by atomic mass is 10.0. The molecular weight excluding hydrogens is 166 g/mol. The van der Waals surface area contributed by atoms with Crippen LogP contribution in [0.4, 0.5) is 0 Å². The Kier molecular flexibility index (Phi) is 1.72. The highest BCUT2D eigenvalue weighted by atomic mass is 16.3. The highest BCUT2D eigenvalue weighted by Gasteiger charge is 2.13. The van der Waals surface area contributed by atoms with E-state index < -0.39 is 0 Å². The van der Waals surface area contributed by atoms with Crippen molar-refractivity contribution in [2.24, 2.45) is 0 Å². The van der Waals surface area contributed by atoms with Gasteiger partial charge in [0.2, 0.25) is 0 Å². The van der Waals surface area contributed by atoms with Crippen LogP contribution in [0.2, 0.25) is 0 Å². The Balaban J connectivity index is 2.80. The maximum atomic E-state index is 9.61. The maximum absolute atomic E-state index is 9.61. The lowest BCUT2D eigenvalue weighted by Crippen LogP contribution is -1.88. The smallest absolute Gasteiger partial charge is 0.181 e. The molecule has 1 heterocycles. The lowest BCUT2D eigenvalue weighted by Gasteiger charge is -2.07. The maximum Gasteiger partial charge on any atom is 0.181 e. The van der Waals surface area contributed by atoms with E-state index in [0.717, 1.165) is 11.1 Å². The van der Waals surface area contributed by atoms with Crippen LogP contribution in [0.5, 0.6) is 5.75 Å². The minimum Gasteiger partial charge on any atom is -0.508 e. The molecule has 3 nitrogen and oxygen atoms in total. The minimum absolute atomic E-state index is 0.233. The molecule has 13 heavy (non-hydrogen) atoms. The zero-order valence-corrected chi connectivity index (χ0v) is 7.61. The second-order valence-corrected chi connectivity index (χ2v) is 3.35. The van der Waals surface area contributed by atoms with E-state index in [1.807, 2.05) is 13.8 Å². The van der Waals surface area contributed by atoms with Gasteiger partial charge in [-0.1, -0.05) is 13.8 Å². The van der Waals surface area contributed by atoms with Gasteiger partial charge in [-0.05, 0) is 18.1 Å². The Labute approximate surface area is 76.0 Å². The Hall–Kier alpha value is -1.51. The SMILES string of the molecule is CC(C)c1c(O)ccc2ncoc12. The molecular formula is C10H11NO2.